The molecule has 1 aliphatic rings. The van der Waals surface area contributed by atoms with E-state index in [4.69, 9.17) is 4.99 Å². The van der Waals surface area contributed by atoms with Crippen molar-refractivity contribution in [2.24, 2.45) is 4.99 Å². The van der Waals surface area contributed by atoms with E-state index in [2.05, 4.69) is 59.6 Å². The lowest BCUT2D eigenvalue weighted by Gasteiger charge is -2.32. The first-order valence-corrected chi connectivity index (χ1v) is 8.46. The lowest BCUT2D eigenvalue weighted by Crippen LogP contribution is -2.46. The molecule has 1 heterocycles. The Bertz CT molecular complexity index is 670. The van der Waals surface area contributed by atoms with Gasteiger partial charge in [0.15, 0.2) is 5.96 Å². The first kappa shape index (κ1) is 15.8. The predicted molar refractivity (Wildman–Crippen MR) is 95.6 cm³/mol. The Hall–Kier alpha value is -2.07. The van der Waals surface area contributed by atoms with Gasteiger partial charge >= 0.3 is 0 Å². The minimum absolute atomic E-state index is 0.160. The van der Waals surface area contributed by atoms with Crippen LogP contribution < -0.4 is 5.32 Å². The molecule has 2 aromatic carbocycles. The van der Waals surface area contributed by atoms with Crippen LogP contribution in [0.25, 0.3) is 10.8 Å². The number of nitrogens with one attached hydrogen (secondary N) is 1. The predicted octanol–water partition coefficient (Wildman–Crippen LogP) is 2.76. The van der Waals surface area contributed by atoms with Crippen LogP contribution in [0.3, 0.4) is 0 Å². The summed E-state index contributed by atoms with van der Waals surface area (Å²) in [6.07, 6.45) is 1.48. The zero-order valence-corrected chi connectivity index (χ0v) is 13.7. The topological polar surface area (TPSA) is 47.9 Å². The Morgan fingerprint density at radius 2 is 1.91 bits per heavy atom. The molecule has 0 aliphatic carbocycles. The highest BCUT2D eigenvalue weighted by molar-refractivity contribution is 5.86. The molecular weight excluding hydrogens is 286 g/mol. The third-order valence-electron chi connectivity index (χ3n) is 4.38. The molecule has 0 spiro atoms. The Kier molecular flexibility index (Phi) is 5.13. The zero-order chi connectivity index (χ0) is 16.1. The summed E-state index contributed by atoms with van der Waals surface area (Å²) >= 11 is 0. The summed E-state index contributed by atoms with van der Waals surface area (Å²) in [5, 5.41) is 15.6. The van der Waals surface area contributed by atoms with Gasteiger partial charge < -0.3 is 15.3 Å². The number of fused-ring (bicyclic) bond motifs is 1. The van der Waals surface area contributed by atoms with Gasteiger partial charge in [-0.1, -0.05) is 42.5 Å². The number of aliphatic hydroxyl groups excluding tert-OH is 1. The molecule has 2 N–H and O–H groups in total. The van der Waals surface area contributed by atoms with E-state index in [-0.39, 0.29) is 6.10 Å². The highest BCUT2D eigenvalue weighted by Gasteiger charge is 2.19. The van der Waals surface area contributed by atoms with Crippen LogP contribution in [0.2, 0.25) is 0 Å². The number of likely N-dealkylation sites (tertiary alicyclic amines) is 1. The van der Waals surface area contributed by atoms with Gasteiger partial charge in [0.05, 0.1) is 12.6 Å². The van der Waals surface area contributed by atoms with Crippen LogP contribution >= 0.6 is 0 Å². The van der Waals surface area contributed by atoms with E-state index in [0.29, 0.717) is 6.54 Å². The maximum Gasteiger partial charge on any atom is 0.194 e. The summed E-state index contributed by atoms with van der Waals surface area (Å²) < 4.78 is 0. The number of hydrogen-bond acceptors (Lipinski definition) is 2. The molecule has 3 rings (SSSR count). The quantitative estimate of drug-likeness (QED) is 0.677. The van der Waals surface area contributed by atoms with Crippen LogP contribution in [0.4, 0.5) is 0 Å². The van der Waals surface area contributed by atoms with E-state index in [0.717, 1.165) is 38.4 Å². The van der Waals surface area contributed by atoms with Crippen LogP contribution in [0.15, 0.2) is 47.5 Å². The van der Waals surface area contributed by atoms with Gasteiger partial charge in [-0.3, -0.25) is 0 Å². The molecule has 0 saturated carbocycles. The number of rotatable bonds is 3. The lowest BCUT2D eigenvalue weighted by molar-refractivity contribution is 0.108. The van der Waals surface area contributed by atoms with Crippen molar-refractivity contribution >= 4 is 16.7 Å². The molecule has 0 unspecified atom stereocenters. The highest BCUT2D eigenvalue weighted by atomic mass is 16.3. The maximum absolute atomic E-state index is 9.68. The SMILES string of the molecule is CCNC(=NCc1cccc2ccccc12)N1CCC(O)CC1. The standard InChI is InChI=1S/C19H25N3O/c1-2-20-19(22-12-10-17(23)11-13-22)21-14-16-8-5-7-15-6-3-4-9-18(15)16/h3-9,17,23H,2,10-14H2,1H3,(H,20,21). The molecule has 0 aromatic heterocycles. The molecule has 0 amide bonds. The number of aliphatic hydroxyl groups is 1. The summed E-state index contributed by atoms with van der Waals surface area (Å²) in [6.45, 7) is 5.34. The van der Waals surface area contributed by atoms with Crippen molar-refractivity contribution in [1.29, 1.82) is 0 Å². The Labute approximate surface area is 137 Å². The van der Waals surface area contributed by atoms with Gasteiger partial charge in [-0.25, -0.2) is 4.99 Å². The molecule has 122 valence electrons. The van der Waals surface area contributed by atoms with Crippen molar-refractivity contribution in [3.63, 3.8) is 0 Å². The molecule has 4 heteroatoms. The minimum Gasteiger partial charge on any atom is -0.393 e. The van der Waals surface area contributed by atoms with Gasteiger partial charge in [-0.15, -0.1) is 0 Å². The average Bonchev–Trinajstić information content (AvgIpc) is 2.59. The molecule has 23 heavy (non-hydrogen) atoms. The zero-order valence-electron chi connectivity index (χ0n) is 13.7. The summed E-state index contributed by atoms with van der Waals surface area (Å²) in [4.78, 5) is 7.08. The number of nitrogens with zero attached hydrogens (tertiary/aromatic N) is 2. The van der Waals surface area contributed by atoms with Crippen molar-refractivity contribution < 1.29 is 5.11 Å². The van der Waals surface area contributed by atoms with Crippen molar-refractivity contribution in [1.82, 2.24) is 10.2 Å². The second-order valence-corrected chi connectivity index (χ2v) is 6.03. The van der Waals surface area contributed by atoms with Gasteiger partial charge in [-0.05, 0) is 36.1 Å². The molecule has 4 nitrogen and oxygen atoms in total. The molecular formula is C19H25N3O. The normalized spacial score (nSPS) is 16.8. The van der Waals surface area contributed by atoms with Gasteiger partial charge in [-0.2, -0.15) is 0 Å². The third kappa shape index (κ3) is 3.82. The minimum atomic E-state index is -0.160. The number of guanidine groups is 1. The van der Waals surface area contributed by atoms with Crippen LogP contribution in [0.5, 0.6) is 0 Å². The summed E-state index contributed by atoms with van der Waals surface area (Å²) in [6, 6.07) is 14.8. The molecule has 1 fully saturated rings. The lowest BCUT2D eigenvalue weighted by atomic mass is 10.0. The monoisotopic (exact) mass is 311 g/mol. The van der Waals surface area contributed by atoms with Crippen molar-refractivity contribution in [2.45, 2.75) is 32.4 Å². The fraction of sp³-hybridized carbons (Fsp3) is 0.421. The van der Waals surface area contributed by atoms with Gasteiger partial charge in [0.2, 0.25) is 0 Å². The van der Waals surface area contributed by atoms with E-state index in [9.17, 15) is 5.11 Å². The second-order valence-electron chi connectivity index (χ2n) is 6.03. The smallest absolute Gasteiger partial charge is 0.194 e. The number of aliphatic imine (C=N–C) groups is 1. The van der Waals surface area contributed by atoms with Gasteiger partial charge in [0.25, 0.3) is 0 Å². The van der Waals surface area contributed by atoms with Crippen molar-refractivity contribution in [3.05, 3.63) is 48.0 Å². The van der Waals surface area contributed by atoms with E-state index < -0.39 is 0 Å². The van der Waals surface area contributed by atoms with Crippen molar-refractivity contribution in [2.75, 3.05) is 19.6 Å². The highest BCUT2D eigenvalue weighted by Crippen LogP contribution is 2.19. The van der Waals surface area contributed by atoms with Crippen LogP contribution in [-0.4, -0.2) is 41.7 Å². The van der Waals surface area contributed by atoms with Crippen LogP contribution in [0, 0.1) is 0 Å². The van der Waals surface area contributed by atoms with Gasteiger partial charge in [0.1, 0.15) is 0 Å². The van der Waals surface area contributed by atoms with E-state index in [1.54, 1.807) is 0 Å². The molecule has 1 aliphatic heterocycles. The summed E-state index contributed by atoms with van der Waals surface area (Å²) in [5.74, 6) is 0.951. The second kappa shape index (κ2) is 7.47. The van der Waals surface area contributed by atoms with E-state index in [1.807, 2.05) is 0 Å². The Morgan fingerprint density at radius 1 is 1.17 bits per heavy atom. The van der Waals surface area contributed by atoms with E-state index >= 15 is 0 Å². The number of hydrogen-bond donors (Lipinski definition) is 2. The van der Waals surface area contributed by atoms with Crippen LogP contribution in [-0.2, 0) is 6.54 Å². The molecule has 0 bridgehead atoms. The molecule has 0 radical (unpaired) electrons. The summed E-state index contributed by atoms with van der Waals surface area (Å²) in [5.41, 5.74) is 1.25. The van der Waals surface area contributed by atoms with Crippen molar-refractivity contribution in [3.8, 4) is 0 Å². The Balaban J connectivity index is 1.79. The largest absolute Gasteiger partial charge is 0.393 e. The first-order valence-electron chi connectivity index (χ1n) is 8.46. The fourth-order valence-corrected chi connectivity index (χ4v) is 3.09. The fourth-order valence-electron chi connectivity index (χ4n) is 3.09. The molecule has 2 aromatic rings. The molecule has 0 atom stereocenters. The molecule has 1 saturated heterocycles. The average molecular weight is 311 g/mol. The number of piperidine rings is 1. The Morgan fingerprint density at radius 3 is 2.70 bits per heavy atom. The maximum atomic E-state index is 9.68. The third-order valence-corrected chi connectivity index (χ3v) is 4.38. The number of benzene rings is 2. The summed E-state index contributed by atoms with van der Waals surface area (Å²) in [7, 11) is 0. The van der Waals surface area contributed by atoms with Gasteiger partial charge in [0, 0.05) is 19.6 Å². The first-order chi connectivity index (χ1) is 11.3. The van der Waals surface area contributed by atoms with E-state index in [1.165, 1.54) is 16.3 Å². The van der Waals surface area contributed by atoms with Crippen LogP contribution in [0.1, 0.15) is 25.3 Å².